The fraction of sp³-hybridized carbons (Fsp3) is 0.641. The van der Waals surface area contributed by atoms with E-state index in [4.69, 9.17) is 38.8 Å². The third-order valence-corrected chi connectivity index (χ3v) is 10.7. The molecule has 1 aromatic carbocycles. The summed E-state index contributed by atoms with van der Waals surface area (Å²) in [4.78, 5) is 54.9. The Kier molecular flexibility index (Phi) is 10.3. The van der Waals surface area contributed by atoms with Crippen molar-refractivity contribution in [3.63, 3.8) is 0 Å². The number of fused-ring (bicyclic) bond motifs is 2. The van der Waals surface area contributed by atoms with Crippen molar-refractivity contribution >= 4 is 52.3 Å². The van der Waals surface area contributed by atoms with Gasteiger partial charge in [0, 0.05) is 38.2 Å². The molecule has 1 unspecified atom stereocenters. The smallest absolute Gasteiger partial charge is 0.414 e. The molecule has 6 heterocycles. The van der Waals surface area contributed by atoms with Crippen molar-refractivity contribution in [2.75, 3.05) is 61.2 Å². The molecule has 1 N–H and O–H groups in total. The average molecular weight is 763 g/mol. The molecule has 0 saturated carbocycles. The summed E-state index contributed by atoms with van der Waals surface area (Å²) >= 11 is 0. The van der Waals surface area contributed by atoms with Crippen LogP contribution in [0.3, 0.4) is 0 Å². The Balaban J connectivity index is 1.20. The summed E-state index contributed by atoms with van der Waals surface area (Å²) in [5.41, 5.74) is 1.13. The number of aromatic nitrogens is 4. The molecule has 1 spiro atoms. The second kappa shape index (κ2) is 14.8. The number of rotatable bonds is 5. The number of ether oxygens (including phenoxy) is 5. The van der Waals surface area contributed by atoms with Crippen LogP contribution in [0.4, 0.5) is 32.6 Å². The van der Waals surface area contributed by atoms with E-state index < -0.39 is 29.4 Å². The summed E-state index contributed by atoms with van der Waals surface area (Å²) in [6.45, 7) is 16.3. The van der Waals surface area contributed by atoms with Crippen molar-refractivity contribution in [3.8, 4) is 0 Å². The second-order valence-corrected chi connectivity index (χ2v) is 17.0. The average Bonchev–Trinajstić information content (AvgIpc) is 3.66. The minimum Gasteiger partial charge on any atom is -0.465 e. The third-order valence-electron chi connectivity index (χ3n) is 10.7. The molecule has 3 atom stereocenters. The van der Waals surface area contributed by atoms with Crippen LogP contribution in [-0.4, -0.2) is 108 Å². The lowest BCUT2D eigenvalue weighted by molar-refractivity contribution is -0.0368. The fourth-order valence-corrected chi connectivity index (χ4v) is 8.04. The molecule has 16 heteroatoms. The fourth-order valence-electron chi connectivity index (χ4n) is 8.04. The molecular weight excluding hydrogens is 708 g/mol. The van der Waals surface area contributed by atoms with Crippen LogP contribution in [0.2, 0.25) is 0 Å². The molecule has 0 radical (unpaired) electrons. The number of methoxy groups -OCH3 is 1. The van der Waals surface area contributed by atoms with E-state index >= 15 is 0 Å². The Morgan fingerprint density at radius 1 is 0.945 bits per heavy atom. The highest BCUT2D eigenvalue weighted by Gasteiger charge is 2.51. The lowest BCUT2D eigenvalue weighted by atomic mass is 9.73. The zero-order chi connectivity index (χ0) is 39.3. The zero-order valence-corrected chi connectivity index (χ0v) is 33.2. The van der Waals surface area contributed by atoms with Gasteiger partial charge in [-0.05, 0) is 98.8 Å². The van der Waals surface area contributed by atoms with E-state index in [0.29, 0.717) is 66.8 Å². The van der Waals surface area contributed by atoms with Crippen LogP contribution in [0.25, 0.3) is 11.2 Å². The SMILES string of the molecule is COC(=O)c1ccc2c(c1)N(C(=O)OC(C)(C)C)CCN2c1nn(C2CCCCO2)c2nc(N3CCC4(CC3)CO[C@@H](C)[C@H]4NC(=O)OC(C)(C)C)cnc12. The third kappa shape index (κ3) is 7.88. The number of benzene rings is 1. The van der Waals surface area contributed by atoms with Gasteiger partial charge in [0.1, 0.15) is 17.0 Å². The lowest BCUT2D eigenvalue weighted by Gasteiger charge is -2.42. The van der Waals surface area contributed by atoms with Gasteiger partial charge in [0.15, 0.2) is 23.2 Å². The van der Waals surface area contributed by atoms with E-state index in [0.717, 1.165) is 37.9 Å². The van der Waals surface area contributed by atoms with Gasteiger partial charge in [-0.15, -0.1) is 5.10 Å². The summed E-state index contributed by atoms with van der Waals surface area (Å²) in [5, 5.41) is 8.26. The molecule has 298 valence electrons. The van der Waals surface area contributed by atoms with Crippen molar-refractivity contribution in [3.05, 3.63) is 30.0 Å². The van der Waals surface area contributed by atoms with Crippen LogP contribution in [0.15, 0.2) is 24.4 Å². The number of amides is 2. The van der Waals surface area contributed by atoms with Crippen molar-refractivity contribution in [2.24, 2.45) is 5.41 Å². The number of carbonyl (C=O) groups excluding carboxylic acids is 3. The highest BCUT2D eigenvalue weighted by Crippen LogP contribution is 2.44. The van der Waals surface area contributed by atoms with Gasteiger partial charge in [-0.25, -0.2) is 29.0 Å². The number of alkyl carbamates (subject to hydrolysis) is 1. The molecule has 2 amide bonds. The van der Waals surface area contributed by atoms with Gasteiger partial charge in [-0.3, -0.25) is 4.90 Å². The Morgan fingerprint density at radius 3 is 2.36 bits per heavy atom. The first kappa shape index (κ1) is 38.6. The maximum absolute atomic E-state index is 13.5. The van der Waals surface area contributed by atoms with Crippen LogP contribution in [-0.2, 0) is 23.7 Å². The predicted molar refractivity (Wildman–Crippen MR) is 205 cm³/mol. The first-order valence-electron chi connectivity index (χ1n) is 19.3. The number of hydrogen-bond acceptors (Lipinski definition) is 13. The number of anilines is 4. The maximum atomic E-state index is 13.5. The van der Waals surface area contributed by atoms with Gasteiger partial charge in [0.2, 0.25) is 0 Å². The second-order valence-electron chi connectivity index (χ2n) is 17.0. The first-order valence-corrected chi connectivity index (χ1v) is 19.3. The molecule has 55 heavy (non-hydrogen) atoms. The Labute approximate surface area is 321 Å². The van der Waals surface area contributed by atoms with Gasteiger partial charge in [0.25, 0.3) is 0 Å². The molecular formula is C39H54N8O8. The molecule has 2 aromatic heterocycles. The number of carbonyl (C=O) groups is 3. The topological polar surface area (TPSA) is 163 Å². The van der Waals surface area contributed by atoms with Crippen LogP contribution in [0, 0.1) is 5.41 Å². The highest BCUT2D eigenvalue weighted by atomic mass is 16.6. The lowest BCUT2D eigenvalue weighted by Crippen LogP contribution is -2.55. The monoisotopic (exact) mass is 762 g/mol. The summed E-state index contributed by atoms with van der Waals surface area (Å²) < 4.78 is 30.6. The van der Waals surface area contributed by atoms with Gasteiger partial charge < -0.3 is 38.8 Å². The van der Waals surface area contributed by atoms with Gasteiger partial charge in [-0.2, -0.15) is 0 Å². The molecule has 4 aliphatic heterocycles. The number of nitrogens with one attached hydrogen (secondary N) is 1. The van der Waals surface area contributed by atoms with Crippen LogP contribution >= 0.6 is 0 Å². The number of esters is 1. The van der Waals surface area contributed by atoms with Crippen molar-refractivity contribution in [1.82, 2.24) is 25.1 Å². The van der Waals surface area contributed by atoms with E-state index in [-0.39, 0.29) is 30.3 Å². The molecule has 3 fully saturated rings. The minimum absolute atomic E-state index is 0.137. The molecule has 0 aliphatic carbocycles. The first-order chi connectivity index (χ1) is 26.1. The van der Waals surface area contributed by atoms with Crippen LogP contribution < -0.4 is 20.0 Å². The zero-order valence-electron chi connectivity index (χ0n) is 33.2. The van der Waals surface area contributed by atoms with Crippen molar-refractivity contribution < 1.29 is 38.1 Å². The summed E-state index contributed by atoms with van der Waals surface area (Å²) in [6.07, 6.45) is 4.73. The predicted octanol–water partition coefficient (Wildman–Crippen LogP) is 6.10. The van der Waals surface area contributed by atoms with E-state index in [9.17, 15) is 14.4 Å². The van der Waals surface area contributed by atoms with Crippen molar-refractivity contribution in [1.29, 1.82) is 0 Å². The normalized spacial score (nSPS) is 22.8. The van der Waals surface area contributed by atoms with E-state index in [1.54, 1.807) is 29.3 Å². The quantitative estimate of drug-likeness (QED) is 0.235. The largest absolute Gasteiger partial charge is 0.465 e. The Hall–Kier alpha value is -4.70. The highest BCUT2D eigenvalue weighted by molar-refractivity contribution is 6.00. The minimum atomic E-state index is -0.715. The van der Waals surface area contributed by atoms with E-state index in [1.807, 2.05) is 58.0 Å². The summed E-state index contributed by atoms with van der Waals surface area (Å²) in [7, 11) is 1.32. The summed E-state index contributed by atoms with van der Waals surface area (Å²) in [5.74, 6) is 0.789. The molecule has 3 aromatic rings. The van der Waals surface area contributed by atoms with Gasteiger partial charge in [-0.1, -0.05) is 0 Å². The number of hydrogen-bond donors (Lipinski definition) is 1. The molecule has 7 rings (SSSR count). The molecule has 0 bridgehead atoms. The van der Waals surface area contributed by atoms with Crippen LogP contribution in [0.1, 0.15) is 97.2 Å². The van der Waals surface area contributed by atoms with Crippen LogP contribution in [0.5, 0.6) is 0 Å². The maximum Gasteiger partial charge on any atom is 0.414 e. The van der Waals surface area contributed by atoms with E-state index in [2.05, 4.69) is 10.2 Å². The molecule has 3 saturated heterocycles. The summed E-state index contributed by atoms with van der Waals surface area (Å²) in [6, 6.07) is 4.95. The van der Waals surface area contributed by atoms with Gasteiger partial charge >= 0.3 is 18.2 Å². The van der Waals surface area contributed by atoms with Crippen molar-refractivity contribution in [2.45, 2.75) is 110 Å². The molecule has 4 aliphatic rings. The Morgan fingerprint density at radius 2 is 1.69 bits per heavy atom. The van der Waals surface area contributed by atoms with Gasteiger partial charge in [0.05, 0.1) is 49.0 Å². The standard InChI is InChI=1S/C39H54N8O8/c1-24-31(42-35(49)54-37(2,3)4)39(23-53-24)14-16-44(17-15-39)28-22-40-30-32(41-28)47(29-11-9-10-20-52-29)43-33(30)45-18-19-46(36(50)55-38(5,6)7)27-21-25(34(48)51-8)12-13-26(27)45/h12-13,21-22,24,29,31H,9-11,14-20,23H2,1-8H3,(H,42,49)/t24-,29?,31+/m0/s1. The molecule has 16 nitrogen and oxygen atoms in total. The Bertz CT molecular complexity index is 1920. The number of nitrogens with zero attached hydrogens (tertiary/aromatic N) is 7. The number of piperidine rings is 1. The van der Waals surface area contributed by atoms with E-state index in [1.165, 1.54) is 7.11 Å².